The van der Waals surface area contributed by atoms with Crippen molar-refractivity contribution in [2.24, 2.45) is 11.7 Å². The van der Waals surface area contributed by atoms with Crippen molar-refractivity contribution in [3.8, 4) is 11.5 Å². The second-order valence-electron chi connectivity index (χ2n) is 6.28. The number of rotatable bonds is 5. The molecule has 0 bridgehead atoms. The molecule has 2 rings (SSSR count). The number of hydrogen-bond acceptors (Lipinski definition) is 4. The van der Waals surface area contributed by atoms with Crippen molar-refractivity contribution in [2.75, 3.05) is 34.4 Å². The number of methoxy groups -OCH3 is 2. The Hall–Kier alpha value is -1.26. The van der Waals surface area contributed by atoms with Gasteiger partial charge in [-0.1, -0.05) is 13.8 Å². The van der Waals surface area contributed by atoms with Crippen LogP contribution < -0.4 is 15.2 Å². The van der Waals surface area contributed by atoms with E-state index in [1.807, 2.05) is 0 Å². The number of nitrogens with two attached hydrogens (primary N) is 1. The Morgan fingerprint density at radius 2 is 1.86 bits per heavy atom. The molecule has 1 aliphatic heterocycles. The third kappa shape index (κ3) is 3.16. The molecule has 1 aromatic carbocycles. The molecule has 0 saturated carbocycles. The van der Waals surface area contributed by atoms with E-state index in [0.717, 1.165) is 31.0 Å². The monoisotopic (exact) mass is 292 g/mol. The highest BCUT2D eigenvalue weighted by molar-refractivity contribution is 5.49. The van der Waals surface area contributed by atoms with Gasteiger partial charge in [0.05, 0.1) is 14.2 Å². The highest BCUT2D eigenvalue weighted by atomic mass is 16.5. The van der Waals surface area contributed by atoms with Crippen molar-refractivity contribution in [3.63, 3.8) is 0 Å². The Morgan fingerprint density at radius 3 is 2.33 bits per heavy atom. The summed E-state index contributed by atoms with van der Waals surface area (Å²) in [6.07, 6.45) is 1.11. The lowest BCUT2D eigenvalue weighted by Crippen LogP contribution is -2.21. The first-order valence-electron chi connectivity index (χ1n) is 7.67. The standard InChI is InChI=1S/C17H28N2O2/c1-11(2)13-7-16(20-4)17(21-5)8-14(13)15-6-12(9-18)10-19(15)3/h7-8,11-12,15H,6,9-10,18H2,1-5H3. The quantitative estimate of drug-likeness (QED) is 0.906. The van der Waals surface area contributed by atoms with E-state index in [9.17, 15) is 0 Å². The molecule has 2 atom stereocenters. The summed E-state index contributed by atoms with van der Waals surface area (Å²) in [6, 6.07) is 4.69. The summed E-state index contributed by atoms with van der Waals surface area (Å²) in [4.78, 5) is 2.41. The van der Waals surface area contributed by atoms with Crippen LogP contribution in [0.3, 0.4) is 0 Å². The SMILES string of the molecule is COc1cc(C(C)C)c(C2CC(CN)CN2C)cc1OC. The Balaban J connectivity index is 2.46. The van der Waals surface area contributed by atoms with Crippen molar-refractivity contribution in [1.29, 1.82) is 0 Å². The summed E-state index contributed by atoms with van der Waals surface area (Å²) >= 11 is 0. The average Bonchev–Trinajstić information content (AvgIpc) is 2.86. The van der Waals surface area contributed by atoms with Crippen LogP contribution in [0.1, 0.15) is 43.4 Å². The highest BCUT2D eigenvalue weighted by Gasteiger charge is 2.32. The molecule has 0 radical (unpaired) electrons. The van der Waals surface area contributed by atoms with Crippen LogP contribution in [0, 0.1) is 5.92 Å². The fraction of sp³-hybridized carbons (Fsp3) is 0.647. The summed E-state index contributed by atoms with van der Waals surface area (Å²) < 4.78 is 10.9. The van der Waals surface area contributed by atoms with Gasteiger partial charge in [-0.15, -0.1) is 0 Å². The molecule has 4 heteroatoms. The molecule has 0 aromatic heterocycles. The Labute approximate surface area is 128 Å². The molecule has 2 N–H and O–H groups in total. The van der Waals surface area contributed by atoms with E-state index in [1.165, 1.54) is 11.1 Å². The molecular weight excluding hydrogens is 264 g/mol. The molecule has 0 spiro atoms. The van der Waals surface area contributed by atoms with Gasteiger partial charge in [-0.25, -0.2) is 0 Å². The van der Waals surface area contributed by atoms with E-state index in [2.05, 4.69) is 37.9 Å². The van der Waals surface area contributed by atoms with Crippen LogP contribution >= 0.6 is 0 Å². The van der Waals surface area contributed by atoms with Gasteiger partial charge in [0.1, 0.15) is 0 Å². The fourth-order valence-corrected chi connectivity index (χ4v) is 3.34. The molecule has 4 nitrogen and oxygen atoms in total. The van der Waals surface area contributed by atoms with Gasteiger partial charge in [0.2, 0.25) is 0 Å². The molecule has 118 valence electrons. The predicted molar refractivity (Wildman–Crippen MR) is 86.2 cm³/mol. The van der Waals surface area contributed by atoms with Crippen molar-refractivity contribution in [2.45, 2.75) is 32.2 Å². The van der Waals surface area contributed by atoms with Gasteiger partial charge in [-0.3, -0.25) is 4.90 Å². The molecule has 1 fully saturated rings. The van der Waals surface area contributed by atoms with Crippen molar-refractivity contribution in [1.82, 2.24) is 4.90 Å². The van der Waals surface area contributed by atoms with Crippen LogP contribution in [-0.4, -0.2) is 39.3 Å². The number of nitrogens with zero attached hydrogens (tertiary/aromatic N) is 1. The van der Waals surface area contributed by atoms with Gasteiger partial charge >= 0.3 is 0 Å². The summed E-state index contributed by atoms with van der Waals surface area (Å²) in [5.74, 6) is 2.64. The smallest absolute Gasteiger partial charge is 0.161 e. The largest absolute Gasteiger partial charge is 0.493 e. The molecule has 1 aliphatic rings. The normalized spacial score (nSPS) is 22.8. The number of hydrogen-bond donors (Lipinski definition) is 1. The van der Waals surface area contributed by atoms with E-state index in [0.29, 0.717) is 17.9 Å². The van der Waals surface area contributed by atoms with Crippen LogP contribution in [-0.2, 0) is 0 Å². The minimum Gasteiger partial charge on any atom is -0.493 e. The van der Waals surface area contributed by atoms with Gasteiger partial charge in [0.25, 0.3) is 0 Å². The summed E-state index contributed by atoms with van der Waals surface area (Å²) in [5, 5.41) is 0. The maximum atomic E-state index is 5.86. The summed E-state index contributed by atoms with van der Waals surface area (Å²) in [5.41, 5.74) is 8.55. The summed E-state index contributed by atoms with van der Waals surface area (Å²) in [7, 11) is 5.56. The number of benzene rings is 1. The lowest BCUT2D eigenvalue weighted by atomic mass is 9.90. The Kier molecular flexibility index (Phi) is 5.12. The molecule has 2 unspecified atom stereocenters. The van der Waals surface area contributed by atoms with Crippen LogP contribution in [0.2, 0.25) is 0 Å². The molecule has 1 heterocycles. The van der Waals surface area contributed by atoms with Gasteiger partial charge in [0, 0.05) is 12.6 Å². The van der Waals surface area contributed by atoms with Crippen LogP contribution in [0.25, 0.3) is 0 Å². The third-order valence-electron chi connectivity index (χ3n) is 4.54. The zero-order valence-electron chi connectivity index (χ0n) is 13.8. The van der Waals surface area contributed by atoms with Gasteiger partial charge in [-0.2, -0.15) is 0 Å². The first-order valence-corrected chi connectivity index (χ1v) is 7.67. The molecule has 0 amide bonds. The topological polar surface area (TPSA) is 47.7 Å². The third-order valence-corrected chi connectivity index (χ3v) is 4.54. The number of likely N-dealkylation sites (tertiary alicyclic amines) is 1. The maximum Gasteiger partial charge on any atom is 0.161 e. The minimum absolute atomic E-state index is 0.413. The predicted octanol–water partition coefficient (Wildman–Crippen LogP) is 2.78. The molecule has 21 heavy (non-hydrogen) atoms. The van der Waals surface area contributed by atoms with Crippen molar-refractivity contribution < 1.29 is 9.47 Å². The highest BCUT2D eigenvalue weighted by Crippen LogP contribution is 2.42. The average molecular weight is 292 g/mol. The maximum absolute atomic E-state index is 5.86. The van der Waals surface area contributed by atoms with E-state index in [-0.39, 0.29) is 0 Å². The van der Waals surface area contributed by atoms with Crippen molar-refractivity contribution in [3.05, 3.63) is 23.3 Å². The minimum atomic E-state index is 0.413. The first-order chi connectivity index (χ1) is 10.0. The number of ether oxygens (including phenoxy) is 2. The van der Waals surface area contributed by atoms with E-state index in [1.54, 1.807) is 14.2 Å². The lowest BCUT2D eigenvalue weighted by Gasteiger charge is -2.25. The molecular formula is C17H28N2O2. The second kappa shape index (κ2) is 6.67. The first kappa shape index (κ1) is 16.1. The van der Waals surface area contributed by atoms with E-state index < -0.39 is 0 Å². The van der Waals surface area contributed by atoms with E-state index in [4.69, 9.17) is 15.2 Å². The Bertz CT molecular complexity index is 488. The zero-order valence-corrected chi connectivity index (χ0v) is 13.8. The summed E-state index contributed by atoms with van der Waals surface area (Å²) in [6.45, 7) is 6.26. The van der Waals surface area contributed by atoms with Crippen LogP contribution in [0.5, 0.6) is 11.5 Å². The fourth-order valence-electron chi connectivity index (χ4n) is 3.34. The molecule has 1 saturated heterocycles. The lowest BCUT2D eigenvalue weighted by molar-refractivity contribution is 0.308. The van der Waals surface area contributed by atoms with Gasteiger partial charge in [0.15, 0.2) is 11.5 Å². The van der Waals surface area contributed by atoms with Crippen molar-refractivity contribution >= 4 is 0 Å². The second-order valence-corrected chi connectivity index (χ2v) is 6.28. The van der Waals surface area contributed by atoms with Gasteiger partial charge < -0.3 is 15.2 Å². The van der Waals surface area contributed by atoms with Crippen LogP contribution in [0.15, 0.2) is 12.1 Å². The molecule has 1 aromatic rings. The zero-order chi connectivity index (χ0) is 15.6. The molecule has 0 aliphatic carbocycles. The van der Waals surface area contributed by atoms with Gasteiger partial charge in [-0.05, 0) is 55.1 Å². The van der Waals surface area contributed by atoms with E-state index >= 15 is 0 Å². The van der Waals surface area contributed by atoms with Crippen LogP contribution in [0.4, 0.5) is 0 Å². The Morgan fingerprint density at radius 1 is 1.24 bits per heavy atom.